The first kappa shape index (κ1) is 19.0. The molecule has 3 rings (SSSR count). The molecule has 0 aliphatic heterocycles. The summed E-state index contributed by atoms with van der Waals surface area (Å²) in [6.45, 7) is 0. The molecule has 2 N–H and O–H groups in total. The average molecular weight is 444 g/mol. The fourth-order valence-corrected chi connectivity index (χ4v) is 2.73. The largest absolute Gasteiger partial charge is 0.416 e. The highest BCUT2D eigenvalue weighted by atomic mass is 79.9. The molecule has 0 saturated heterocycles. The number of carbonyl (C=O) groups excluding carboxylic acids is 1. The van der Waals surface area contributed by atoms with E-state index < -0.39 is 29.5 Å². The van der Waals surface area contributed by atoms with E-state index in [4.69, 9.17) is 5.73 Å². The van der Waals surface area contributed by atoms with Crippen molar-refractivity contribution in [3.8, 4) is 11.4 Å². The van der Waals surface area contributed by atoms with Crippen molar-refractivity contribution in [3.05, 3.63) is 63.9 Å². The van der Waals surface area contributed by atoms with Crippen molar-refractivity contribution in [1.82, 2.24) is 20.2 Å². The Morgan fingerprint density at radius 2 is 1.93 bits per heavy atom. The molecule has 0 unspecified atom stereocenters. The van der Waals surface area contributed by atoms with Crippen molar-refractivity contribution in [1.29, 1.82) is 0 Å². The first-order chi connectivity index (χ1) is 12.7. The van der Waals surface area contributed by atoms with Crippen LogP contribution in [0.5, 0.6) is 0 Å². The molecular formula is C16H10BrF4N5O. The molecule has 140 valence electrons. The Kier molecular flexibility index (Phi) is 4.96. The van der Waals surface area contributed by atoms with Gasteiger partial charge in [-0.3, -0.25) is 4.79 Å². The molecule has 1 heterocycles. The number of nitrogens with zero attached hydrogens (tertiary/aromatic N) is 4. The van der Waals surface area contributed by atoms with Crippen molar-refractivity contribution < 1.29 is 22.4 Å². The maximum Gasteiger partial charge on any atom is 0.416 e. The number of carbonyl (C=O) groups is 1. The molecule has 0 radical (unpaired) electrons. The highest BCUT2D eigenvalue weighted by molar-refractivity contribution is 9.10. The van der Waals surface area contributed by atoms with Crippen LogP contribution in [0.2, 0.25) is 0 Å². The zero-order valence-electron chi connectivity index (χ0n) is 13.3. The molecule has 1 aromatic heterocycles. The van der Waals surface area contributed by atoms with Gasteiger partial charge in [0, 0.05) is 15.6 Å². The van der Waals surface area contributed by atoms with Gasteiger partial charge in [0.15, 0.2) is 6.04 Å². The first-order valence-corrected chi connectivity index (χ1v) is 8.17. The average Bonchev–Trinajstić information content (AvgIpc) is 3.06. The lowest BCUT2D eigenvalue weighted by Gasteiger charge is -2.13. The maximum absolute atomic E-state index is 14.2. The van der Waals surface area contributed by atoms with E-state index in [0.717, 1.165) is 23.0 Å². The van der Waals surface area contributed by atoms with Crippen LogP contribution in [-0.4, -0.2) is 26.1 Å². The Labute approximate surface area is 158 Å². The third-order valence-corrected chi connectivity index (χ3v) is 4.13. The van der Waals surface area contributed by atoms with Crippen molar-refractivity contribution in [3.63, 3.8) is 0 Å². The summed E-state index contributed by atoms with van der Waals surface area (Å²) in [6.07, 6.45) is -4.54. The number of primary amides is 1. The zero-order valence-corrected chi connectivity index (χ0v) is 14.9. The predicted molar refractivity (Wildman–Crippen MR) is 89.7 cm³/mol. The third-order valence-electron chi connectivity index (χ3n) is 3.63. The molecule has 27 heavy (non-hydrogen) atoms. The smallest absolute Gasteiger partial charge is 0.367 e. The lowest BCUT2D eigenvalue weighted by molar-refractivity contribution is -0.137. The Balaban J connectivity index is 2.02. The van der Waals surface area contributed by atoms with Gasteiger partial charge in [-0.05, 0) is 29.5 Å². The molecule has 0 bridgehead atoms. The minimum atomic E-state index is -4.54. The lowest BCUT2D eigenvalue weighted by Crippen LogP contribution is -2.30. The van der Waals surface area contributed by atoms with E-state index in [-0.39, 0.29) is 17.0 Å². The molecule has 0 saturated carbocycles. The molecule has 0 spiro atoms. The summed E-state index contributed by atoms with van der Waals surface area (Å²) in [5.74, 6) is -1.85. The van der Waals surface area contributed by atoms with Gasteiger partial charge < -0.3 is 5.73 Å². The number of nitrogens with two attached hydrogens (primary N) is 1. The van der Waals surface area contributed by atoms with Gasteiger partial charge in [0.2, 0.25) is 11.7 Å². The van der Waals surface area contributed by atoms with Gasteiger partial charge in [0.05, 0.1) is 5.56 Å². The highest BCUT2D eigenvalue weighted by Crippen LogP contribution is 2.31. The Bertz CT molecular complexity index is 1000. The van der Waals surface area contributed by atoms with Gasteiger partial charge in [-0.25, -0.2) is 4.39 Å². The summed E-state index contributed by atoms with van der Waals surface area (Å²) in [5.41, 5.74) is 4.39. The second kappa shape index (κ2) is 7.06. The zero-order chi connectivity index (χ0) is 19.8. The molecule has 0 aliphatic carbocycles. The summed E-state index contributed by atoms with van der Waals surface area (Å²) in [6, 6.07) is 6.84. The van der Waals surface area contributed by atoms with Crippen LogP contribution in [0, 0.1) is 5.82 Å². The van der Waals surface area contributed by atoms with Crippen LogP contribution in [0.3, 0.4) is 0 Å². The van der Waals surface area contributed by atoms with E-state index in [1.807, 2.05) is 0 Å². The van der Waals surface area contributed by atoms with Crippen LogP contribution in [0.4, 0.5) is 17.6 Å². The predicted octanol–water partition coefficient (Wildman–Crippen LogP) is 3.34. The third kappa shape index (κ3) is 3.97. The van der Waals surface area contributed by atoms with Crippen LogP contribution < -0.4 is 5.73 Å². The van der Waals surface area contributed by atoms with Gasteiger partial charge >= 0.3 is 6.18 Å². The minimum Gasteiger partial charge on any atom is -0.367 e. The van der Waals surface area contributed by atoms with Crippen LogP contribution in [0.25, 0.3) is 11.4 Å². The monoisotopic (exact) mass is 443 g/mol. The van der Waals surface area contributed by atoms with E-state index >= 15 is 0 Å². The van der Waals surface area contributed by atoms with Crippen molar-refractivity contribution in [2.45, 2.75) is 12.2 Å². The van der Waals surface area contributed by atoms with Gasteiger partial charge in [0.25, 0.3) is 0 Å². The van der Waals surface area contributed by atoms with Crippen molar-refractivity contribution >= 4 is 21.8 Å². The molecule has 0 aliphatic rings. The molecule has 1 amide bonds. The standard InChI is InChI=1S/C16H10BrF4N5O/c17-10-4-5-11(12(18)7-10)13(14(22)27)26-24-15(23-25-26)8-2-1-3-9(6-8)16(19,20)21/h1-7,13H,(H2,22,27)/t13-/m0/s1. The van der Waals surface area contributed by atoms with E-state index in [1.54, 1.807) is 0 Å². The number of rotatable bonds is 4. The maximum atomic E-state index is 14.2. The normalized spacial score (nSPS) is 12.8. The van der Waals surface area contributed by atoms with Crippen LogP contribution in [-0.2, 0) is 11.0 Å². The van der Waals surface area contributed by atoms with Gasteiger partial charge in [0.1, 0.15) is 5.82 Å². The second-order valence-corrected chi connectivity index (χ2v) is 6.40. The topological polar surface area (TPSA) is 86.7 Å². The lowest BCUT2D eigenvalue weighted by atomic mass is 10.1. The van der Waals surface area contributed by atoms with E-state index in [0.29, 0.717) is 4.47 Å². The molecular weight excluding hydrogens is 434 g/mol. The SMILES string of the molecule is NC(=O)[C@H](c1ccc(Br)cc1F)n1nnc(-c2cccc(C(F)(F)F)c2)n1. The Hall–Kier alpha value is -2.82. The highest BCUT2D eigenvalue weighted by Gasteiger charge is 2.31. The molecule has 2 aromatic carbocycles. The summed E-state index contributed by atoms with van der Waals surface area (Å²) >= 11 is 3.10. The Morgan fingerprint density at radius 3 is 2.56 bits per heavy atom. The van der Waals surface area contributed by atoms with Gasteiger partial charge in [-0.15, -0.1) is 15.0 Å². The second-order valence-electron chi connectivity index (χ2n) is 5.48. The number of aromatic nitrogens is 4. The van der Waals surface area contributed by atoms with Crippen LogP contribution in [0.1, 0.15) is 17.2 Å². The molecule has 3 aromatic rings. The quantitative estimate of drug-likeness (QED) is 0.626. The van der Waals surface area contributed by atoms with Crippen molar-refractivity contribution in [2.75, 3.05) is 0 Å². The number of alkyl halides is 3. The summed E-state index contributed by atoms with van der Waals surface area (Å²) < 4.78 is 53.2. The van der Waals surface area contributed by atoms with E-state index in [2.05, 4.69) is 31.3 Å². The number of halogens is 5. The minimum absolute atomic E-state index is 0.0376. The van der Waals surface area contributed by atoms with Crippen LogP contribution in [0.15, 0.2) is 46.9 Å². The Morgan fingerprint density at radius 1 is 1.19 bits per heavy atom. The summed E-state index contributed by atoms with van der Waals surface area (Å²) in [4.78, 5) is 12.6. The number of benzene rings is 2. The number of hydrogen-bond acceptors (Lipinski definition) is 4. The van der Waals surface area contributed by atoms with Crippen molar-refractivity contribution in [2.24, 2.45) is 5.73 Å². The molecule has 6 nitrogen and oxygen atoms in total. The first-order valence-electron chi connectivity index (χ1n) is 7.38. The summed E-state index contributed by atoms with van der Waals surface area (Å²) in [5, 5.41) is 11.2. The fourth-order valence-electron chi connectivity index (χ4n) is 2.40. The fraction of sp³-hybridized carbons (Fsp3) is 0.125. The van der Waals surface area contributed by atoms with Gasteiger partial charge in [-0.1, -0.05) is 34.1 Å². The molecule has 1 atom stereocenters. The van der Waals surface area contributed by atoms with Gasteiger partial charge in [-0.2, -0.15) is 13.2 Å². The van der Waals surface area contributed by atoms with E-state index in [1.165, 1.54) is 24.3 Å². The summed E-state index contributed by atoms with van der Waals surface area (Å²) in [7, 11) is 0. The molecule has 0 fully saturated rings. The number of hydrogen-bond donors (Lipinski definition) is 1. The molecule has 11 heteroatoms. The number of amides is 1. The number of tetrazole rings is 1. The van der Waals surface area contributed by atoms with E-state index in [9.17, 15) is 22.4 Å². The van der Waals surface area contributed by atoms with Crippen LogP contribution >= 0.6 is 15.9 Å².